The summed E-state index contributed by atoms with van der Waals surface area (Å²) in [4.78, 5) is 44.6. The Morgan fingerprint density at radius 2 is 1.95 bits per heavy atom. The highest BCUT2D eigenvalue weighted by Crippen LogP contribution is 2.76. The molecule has 2 bridgehead atoms. The summed E-state index contributed by atoms with van der Waals surface area (Å²) >= 11 is 0. The molecule has 12 heteroatoms. The van der Waals surface area contributed by atoms with Crippen molar-refractivity contribution in [3.8, 4) is 11.4 Å². The van der Waals surface area contributed by atoms with Crippen LogP contribution in [-0.2, 0) is 39.5 Å². The number of ether oxygens (including phenoxy) is 1. The summed E-state index contributed by atoms with van der Waals surface area (Å²) in [6.07, 6.45) is 0.828. The van der Waals surface area contributed by atoms with Crippen LogP contribution >= 0.6 is 0 Å². The monoisotopic (exact) mass is 594 g/mol. The van der Waals surface area contributed by atoms with Crippen LogP contribution in [0.15, 0.2) is 16.9 Å². The number of carbonyl (C=O) groups excluding carboxylic acids is 2. The molecule has 4 heterocycles. The molecule has 3 aromatic rings. The van der Waals surface area contributed by atoms with Crippen LogP contribution in [0.25, 0.3) is 22.3 Å². The highest BCUT2D eigenvalue weighted by atomic mass is 19.3. The summed E-state index contributed by atoms with van der Waals surface area (Å²) in [5.74, 6) is -5.19. The van der Waals surface area contributed by atoms with Crippen molar-refractivity contribution in [3.63, 3.8) is 0 Å². The van der Waals surface area contributed by atoms with Crippen molar-refractivity contribution in [3.05, 3.63) is 61.7 Å². The Bertz CT molecular complexity index is 1910. The third-order valence-electron chi connectivity index (χ3n) is 11.0. The minimum absolute atomic E-state index is 0.0197. The fourth-order valence-electron chi connectivity index (χ4n) is 8.30. The predicted octanol–water partition coefficient (Wildman–Crippen LogP) is 3.02. The fraction of sp³-hybridized carbons (Fsp3) is 0.484. The molecule has 0 saturated heterocycles. The molecule has 4 aliphatic carbocycles. The van der Waals surface area contributed by atoms with Gasteiger partial charge in [0.1, 0.15) is 17.8 Å². The maximum absolute atomic E-state index is 15.1. The maximum atomic E-state index is 15.1. The van der Waals surface area contributed by atoms with Crippen molar-refractivity contribution in [2.24, 2.45) is 5.41 Å². The van der Waals surface area contributed by atoms with Gasteiger partial charge < -0.3 is 25.0 Å². The fourth-order valence-corrected chi connectivity index (χ4v) is 8.30. The zero-order chi connectivity index (χ0) is 30.4. The lowest BCUT2D eigenvalue weighted by Gasteiger charge is -2.73. The number of esters is 1. The van der Waals surface area contributed by atoms with Crippen LogP contribution in [0.4, 0.5) is 13.2 Å². The predicted molar refractivity (Wildman–Crippen MR) is 147 cm³/mol. The molecule has 1 amide bonds. The molecule has 1 aromatic carbocycles. The first-order valence-electron chi connectivity index (χ1n) is 14.5. The first-order chi connectivity index (χ1) is 20.3. The number of nitrogens with one attached hydrogen (secondary N) is 2. The van der Waals surface area contributed by atoms with E-state index in [-0.39, 0.29) is 43.5 Å². The number of halogens is 3. The van der Waals surface area contributed by atoms with Crippen LogP contribution in [0, 0.1) is 18.2 Å². The van der Waals surface area contributed by atoms with Crippen LogP contribution in [0.1, 0.15) is 72.0 Å². The topological polar surface area (TPSA) is 123 Å². The molecular formula is C31H29F3N4O5. The number of hydrogen-bond donors (Lipinski definition) is 3. The van der Waals surface area contributed by atoms with Crippen LogP contribution < -0.4 is 16.2 Å². The van der Waals surface area contributed by atoms with Gasteiger partial charge in [0.25, 0.3) is 11.5 Å². The maximum Gasteiger partial charge on any atom is 0.343 e. The van der Waals surface area contributed by atoms with Gasteiger partial charge in [0.2, 0.25) is 5.91 Å². The van der Waals surface area contributed by atoms with E-state index in [0.717, 1.165) is 5.56 Å². The van der Waals surface area contributed by atoms with Gasteiger partial charge in [0.05, 0.1) is 40.6 Å². The van der Waals surface area contributed by atoms with Crippen molar-refractivity contribution >= 4 is 22.8 Å². The molecule has 2 atom stereocenters. The number of pyridine rings is 2. The minimum Gasteiger partial charge on any atom is -0.458 e. The van der Waals surface area contributed by atoms with Crippen molar-refractivity contribution in [1.29, 1.82) is 0 Å². The quantitative estimate of drug-likeness (QED) is 0.311. The Hall–Kier alpha value is -3.77. The first-order valence-corrected chi connectivity index (χ1v) is 14.5. The van der Waals surface area contributed by atoms with Gasteiger partial charge in [-0.3, -0.25) is 9.59 Å². The molecule has 3 saturated carbocycles. The molecule has 0 radical (unpaired) electrons. The molecule has 2 aromatic heterocycles. The van der Waals surface area contributed by atoms with Crippen LogP contribution in [0.5, 0.6) is 0 Å². The highest BCUT2D eigenvalue weighted by molar-refractivity contribution is 5.95. The van der Waals surface area contributed by atoms with E-state index in [2.05, 4.69) is 10.6 Å². The van der Waals surface area contributed by atoms with Gasteiger partial charge in [-0.1, -0.05) is 6.92 Å². The van der Waals surface area contributed by atoms with Crippen molar-refractivity contribution in [2.75, 3.05) is 7.05 Å². The standard InChI is InChI=1S/C31H29F3N4O5/c1-4-30(42)17-7-21-24-15(9-38(21)25(39)16(17)10-43-27(30)41)23-19(6-5-14-13(2)18(32)8-20(36-24)22(14)23)37-26(40)28-11-29(12-28,35-3)31(28,33)34/h7-8,19,35,42H,4-6,9-12H2,1-3H3,(H,37,40)/t19?,28?,29?,30-/m0/s1. The molecule has 0 spiro atoms. The largest absolute Gasteiger partial charge is 0.458 e. The average molecular weight is 595 g/mol. The molecular weight excluding hydrogens is 565 g/mol. The van der Waals surface area contributed by atoms with E-state index in [1.54, 1.807) is 19.9 Å². The molecule has 2 aliphatic heterocycles. The van der Waals surface area contributed by atoms with Crippen molar-refractivity contribution in [1.82, 2.24) is 20.2 Å². The lowest BCUT2D eigenvalue weighted by atomic mass is 9.36. The van der Waals surface area contributed by atoms with E-state index in [0.29, 0.717) is 51.8 Å². The van der Waals surface area contributed by atoms with E-state index in [4.69, 9.17) is 9.72 Å². The highest BCUT2D eigenvalue weighted by Gasteiger charge is 2.91. The molecule has 3 fully saturated rings. The van der Waals surface area contributed by atoms with Crippen LogP contribution in [0.2, 0.25) is 0 Å². The van der Waals surface area contributed by atoms with E-state index < -0.39 is 51.8 Å². The van der Waals surface area contributed by atoms with Gasteiger partial charge in [-0.05, 0) is 68.8 Å². The lowest BCUT2D eigenvalue weighted by molar-refractivity contribution is -0.353. The number of rotatable bonds is 4. The van der Waals surface area contributed by atoms with Gasteiger partial charge in [0.15, 0.2) is 5.60 Å². The van der Waals surface area contributed by atoms with Crippen molar-refractivity contribution < 1.29 is 32.6 Å². The number of benzene rings is 1. The zero-order valence-electron chi connectivity index (χ0n) is 23.8. The molecule has 1 unspecified atom stereocenters. The van der Waals surface area contributed by atoms with E-state index in [1.165, 1.54) is 17.7 Å². The molecule has 224 valence electrons. The van der Waals surface area contributed by atoms with E-state index >= 15 is 13.2 Å². The summed E-state index contributed by atoms with van der Waals surface area (Å²) in [6, 6.07) is 2.21. The summed E-state index contributed by atoms with van der Waals surface area (Å²) in [5.41, 5.74) is -1.82. The number of carbonyl (C=O) groups is 2. The second-order valence-corrected chi connectivity index (χ2v) is 12.7. The Morgan fingerprint density at radius 1 is 1.21 bits per heavy atom. The molecule has 6 aliphatic rings. The summed E-state index contributed by atoms with van der Waals surface area (Å²) < 4.78 is 52.0. The number of aliphatic hydroxyl groups is 1. The van der Waals surface area contributed by atoms with Crippen LogP contribution in [0.3, 0.4) is 0 Å². The Kier molecular flexibility index (Phi) is 5.01. The SMILES string of the molecule is CC[C@@]1(O)C(=O)OCc2c1cc1n(c2=O)Cc2c-1nc1cc(F)c(C)c3c1c2C(NC(=O)C12CC(NC)(C1)C2(F)F)CC3. The van der Waals surface area contributed by atoms with Gasteiger partial charge in [-0.2, -0.15) is 0 Å². The first kappa shape index (κ1) is 26.8. The number of nitrogens with zero attached hydrogens (tertiary/aromatic N) is 2. The number of aryl methyl sites for hydroxylation is 1. The number of aromatic nitrogens is 2. The Morgan fingerprint density at radius 3 is 2.63 bits per heavy atom. The van der Waals surface area contributed by atoms with Gasteiger partial charge in [-0.25, -0.2) is 22.9 Å². The number of fused-ring (bicyclic) bond motifs is 5. The second-order valence-electron chi connectivity index (χ2n) is 12.7. The third kappa shape index (κ3) is 2.87. The minimum atomic E-state index is -3.18. The van der Waals surface area contributed by atoms with Gasteiger partial charge in [-0.15, -0.1) is 0 Å². The molecule has 3 N–H and O–H groups in total. The molecule has 43 heavy (non-hydrogen) atoms. The average Bonchev–Trinajstić information content (AvgIpc) is 3.32. The number of amides is 1. The zero-order valence-corrected chi connectivity index (χ0v) is 23.8. The molecule has 9 nitrogen and oxygen atoms in total. The number of cyclic esters (lactones) is 1. The number of hydrogen-bond acceptors (Lipinski definition) is 7. The lowest BCUT2D eigenvalue weighted by Crippen LogP contribution is -2.91. The summed E-state index contributed by atoms with van der Waals surface area (Å²) in [7, 11) is 1.48. The third-order valence-corrected chi connectivity index (χ3v) is 11.0. The Balaban J connectivity index is 1.31. The second kappa shape index (κ2) is 8.03. The van der Waals surface area contributed by atoms with Gasteiger partial charge >= 0.3 is 5.97 Å². The number of alkyl halides is 2. The summed E-state index contributed by atoms with van der Waals surface area (Å²) in [6.45, 7) is 3.07. The Labute approximate surface area is 243 Å². The normalized spacial score (nSPS) is 30.5. The van der Waals surface area contributed by atoms with Crippen molar-refractivity contribution in [2.45, 2.75) is 82.2 Å². The van der Waals surface area contributed by atoms with E-state index in [9.17, 15) is 19.5 Å². The van der Waals surface area contributed by atoms with E-state index in [1.807, 2.05) is 0 Å². The smallest absolute Gasteiger partial charge is 0.343 e. The van der Waals surface area contributed by atoms with Crippen LogP contribution in [-0.4, -0.2) is 45.0 Å². The summed E-state index contributed by atoms with van der Waals surface area (Å²) in [5, 5.41) is 17.5. The van der Waals surface area contributed by atoms with Gasteiger partial charge in [0, 0.05) is 22.6 Å². The molecule has 9 rings (SSSR count).